The van der Waals surface area contributed by atoms with Gasteiger partial charge < -0.3 is 5.32 Å². The van der Waals surface area contributed by atoms with Crippen LogP contribution in [0.4, 0.5) is 5.13 Å². The third-order valence-corrected chi connectivity index (χ3v) is 4.47. The maximum Gasteiger partial charge on any atom is 0.185 e. The molecule has 1 aromatic heterocycles. The summed E-state index contributed by atoms with van der Waals surface area (Å²) in [6.45, 7) is 4.58. The van der Waals surface area contributed by atoms with Crippen LogP contribution in [0.2, 0.25) is 5.15 Å². The Morgan fingerprint density at radius 3 is 2.53 bits per heavy atom. The van der Waals surface area contributed by atoms with E-state index in [4.69, 9.17) is 16.9 Å². The van der Waals surface area contributed by atoms with Crippen molar-refractivity contribution in [3.63, 3.8) is 0 Å². The third kappa shape index (κ3) is 3.11. The molecule has 0 radical (unpaired) electrons. The van der Waals surface area contributed by atoms with E-state index in [1.807, 2.05) is 0 Å². The van der Waals surface area contributed by atoms with E-state index in [-0.39, 0.29) is 0 Å². The monoisotopic (exact) mass is 269 g/mol. The molecule has 17 heavy (non-hydrogen) atoms. The van der Waals surface area contributed by atoms with Gasteiger partial charge in [0, 0.05) is 6.04 Å². The van der Waals surface area contributed by atoms with Crippen molar-refractivity contribution >= 4 is 28.1 Å². The van der Waals surface area contributed by atoms with E-state index in [2.05, 4.69) is 30.2 Å². The van der Waals surface area contributed by atoms with Gasteiger partial charge in [0.1, 0.15) is 10.9 Å². The quantitative estimate of drug-likeness (QED) is 0.886. The Labute approximate surface area is 111 Å². The second-order valence-corrected chi connectivity index (χ2v) is 6.37. The molecule has 1 heterocycles. The van der Waals surface area contributed by atoms with E-state index < -0.39 is 0 Å². The Morgan fingerprint density at radius 2 is 2.00 bits per heavy atom. The Hall–Kier alpha value is -0.790. The number of hydrogen-bond donors (Lipinski definition) is 1. The zero-order valence-corrected chi connectivity index (χ0v) is 11.6. The molecular weight excluding hydrogens is 254 g/mol. The fraction of sp³-hybridized carbons (Fsp3) is 0.667. The lowest BCUT2D eigenvalue weighted by atomic mass is 9.80. The normalized spacial score (nSPS) is 28.7. The van der Waals surface area contributed by atoms with Crippen LogP contribution in [-0.4, -0.2) is 11.0 Å². The Bertz CT molecular complexity index is 427. The lowest BCUT2D eigenvalue weighted by Crippen LogP contribution is -2.30. The number of nitrogens with zero attached hydrogens (tertiary/aromatic N) is 2. The highest BCUT2D eigenvalue weighted by Gasteiger charge is 2.24. The maximum atomic E-state index is 8.83. The van der Waals surface area contributed by atoms with Crippen LogP contribution in [0, 0.1) is 23.2 Å². The fourth-order valence-electron chi connectivity index (χ4n) is 2.67. The number of rotatable bonds is 2. The maximum absolute atomic E-state index is 8.83. The predicted octanol–water partition coefficient (Wildman–Crippen LogP) is 3.90. The summed E-state index contributed by atoms with van der Waals surface area (Å²) in [7, 11) is 0. The zero-order chi connectivity index (χ0) is 12.4. The average Bonchev–Trinajstić information content (AvgIpc) is 2.57. The number of nitriles is 1. The van der Waals surface area contributed by atoms with Gasteiger partial charge in [-0.05, 0) is 31.1 Å². The number of anilines is 1. The van der Waals surface area contributed by atoms with Gasteiger partial charge in [-0.2, -0.15) is 5.26 Å². The molecule has 1 aliphatic carbocycles. The second kappa shape index (κ2) is 5.24. The van der Waals surface area contributed by atoms with Crippen LogP contribution in [0.15, 0.2) is 0 Å². The fourth-order valence-corrected chi connectivity index (χ4v) is 3.70. The molecule has 0 spiro atoms. The second-order valence-electron chi connectivity index (χ2n) is 5.01. The van der Waals surface area contributed by atoms with Crippen molar-refractivity contribution < 1.29 is 0 Å². The molecule has 1 saturated carbocycles. The smallest absolute Gasteiger partial charge is 0.185 e. The first kappa shape index (κ1) is 12.7. The molecule has 0 aromatic carbocycles. The summed E-state index contributed by atoms with van der Waals surface area (Å²) in [4.78, 5) is 4.67. The van der Waals surface area contributed by atoms with Crippen molar-refractivity contribution in [2.45, 2.75) is 39.2 Å². The van der Waals surface area contributed by atoms with Crippen LogP contribution < -0.4 is 5.32 Å². The zero-order valence-electron chi connectivity index (χ0n) is 10.0. The lowest BCUT2D eigenvalue weighted by Gasteiger charge is -2.31. The minimum atomic E-state index is 0.317. The first-order valence-corrected chi connectivity index (χ1v) is 7.11. The minimum absolute atomic E-state index is 0.317. The Balaban J connectivity index is 2.02. The first-order chi connectivity index (χ1) is 8.08. The van der Waals surface area contributed by atoms with Crippen LogP contribution in [0.3, 0.4) is 0 Å². The Kier molecular flexibility index (Phi) is 3.90. The van der Waals surface area contributed by atoms with E-state index in [0.29, 0.717) is 16.1 Å². The number of nitrogens with one attached hydrogen (secondary N) is 1. The summed E-state index contributed by atoms with van der Waals surface area (Å²) >= 11 is 7.20. The molecular formula is C12H16ClN3S. The highest BCUT2D eigenvalue weighted by atomic mass is 35.5. The molecule has 0 bridgehead atoms. The van der Waals surface area contributed by atoms with E-state index in [9.17, 15) is 0 Å². The number of hydrogen-bond acceptors (Lipinski definition) is 4. The van der Waals surface area contributed by atoms with Gasteiger partial charge in [0.15, 0.2) is 10.3 Å². The van der Waals surface area contributed by atoms with Crippen LogP contribution in [0.1, 0.15) is 38.0 Å². The largest absolute Gasteiger partial charge is 0.359 e. The standard InChI is InChI=1S/C12H16ClN3S/c1-7-3-8(2)5-9(4-7)15-12-16-11(13)10(6-14)17-12/h7-9H,3-5H2,1-2H3,(H,15,16). The summed E-state index contributed by atoms with van der Waals surface area (Å²) in [6, 6.07) is 2.52. The molecule has 0 aliphatic heterocycles. The Morgan fingerprint density at radius 1 is 1.35 bits per heavy atom. The summed E-state index contributed by atoms with van der Waals surface area (Å²) in [5, 5.41) is 13.3. The number of aromatic nitrogens is 1. The number of thiazole rings is 1. The SMILES string of the molecule is CC1CC(C)CC(Nc2nc(Cl)c(C#N)s2)C1. The van der Waals surface area contributed by atoms with Crippen LogP contribution in [0.25, 0.3) is 0 Å². The van der Waals surface area contributed by atoms with Gasteiger partial charge in [-0.3, -0.25) is 0 Å². The molecule has 2 unspecified atom stereocenters. The highest BCUT2D eigenvalue weighted by molar-refractivity contribution is 7.16. The predicted molar refractivity (Wildman–Crippen MR) is 71.4 cm³/mol. The van der Waals surface area contributed by atoms with Crippen LogP contribution >= 0.6 is 22.9 Å². The number of halogens is 1. The van der Waals surface area contributed by atoms with Crippen molar-refractivity contribution in [2.75, 3.05) is 5.32 Å². The molecule has 5 heteroatoms. The van der Waals surface area contributed by atoms with Gasteiger partial charge >= 0.3 is 0 Å². The van der Waals surface area contributed by atoms with Crippen molar-refractivity contribution in [2.24, 2.45) is 11.8 Å². The van der Waals surface area contributed by atoms with E-state index in [0.717, 1.165) is 17.0 Å². The van der Waals surface area contributed by atoms with E-state index >= 15 is 0 Å². The van der Waals surface area contributed by atoms with Gasteiger partial charge in [0.25, 0.3) is 0 Å². The molecule has 1 fully saturated rings. The van der Waals surface area contributed by atoms with Gasteiger partial charge in [-0.15, -0.1) is 0 Å². The topological polar surface area (TPSA) is 48.7 Å². The summed E-state index contributed by atoms with van der Waals surface area (Å²) in [5.74, 6) is 1.50. The summed E-state index contributed by atoms with van der Waals surface area (Å²) in [6.07, 6.45) is 3.65. The van der Waals surface area contributed by atoms with Crippen molar-refractivity contribution in [1.29, 1.82) is 5.26 Å². The molecule has 3 nitrogen and oxygen atoms in total. The van der Waals surface area contributed by atoms with Gasteiger partial charge in [0.05, 0.1) is 0 Å². The first-order valence-electron chi connectivity index (χ1n) is 5.91. The molecule has 1 N–H and O–H groups in total. The molecule has 1 aromatic rings. The van der Waals surface area contributed by atoms with Crippen molar-refractivity contribution in [3.05, 3.63) is 10.0 Å². The van der Waals surface area contributed by atoms with E-state index in [1.54, 1.807) is 0 Å². The van der Waals surface area contributed by atoms with Crippen molar-refractivity contribution in [3.8, 4) is 6.07 Å². The molecule has 0 saturated heterocycles. The molecule has 2 rings (SSSR count). The third-order valence-electron chi connectivity index (χ3n) is 3.19. The van der Waals surface area contributed by atoms with Crippen LogP contribution in [0.5, 0.6) is 0 Å². The molecule has 2 atom stereocenters. The van der Waals surface area contributed by atoms with Gasteiger partial charge in [-0.25, -0.2) is 4.98 Å². The summed E-state index contributed by atoms with van der Waals surface area (Å²) < 4.78 is 0. The average molecular weight is 270 g/mol. The molecule has 0 amide bonds. The summed E-state index contributed by atoms with van der Waals surface area (Å²) in [5.41, 5.74) is 0. The van der Waals surface area contributed by atoms with Gasteiger partial charge in [0.2, 0.25) is 0 Å². The van der Waals surface area contributed by atoms with E-state index in [1.165, 1.54) is 30.6 Å². The highest BCUT2D eigenvalue weighted by Crippen LogP contribution is 2.32. The minimum Gasteiger partial charge on any atom is -0.359 e. The molecule has 1 aliphatic rings. The molecule has 92 valence electrons. The van der Waals surface area contributed by atoms with Crippen molar-refractivity contribution in [1.82, 2.24) is 4.98 Å². The van der Waals surface area contributed by atoms with Gasteiger partial charge in [-0.1, -0.05) is 36.8 Å². The lowest BCUT2D eigenvalue weighted by molar-refractivity contribution is 0.281. The van der Waals surface area contributed by atoms with Crippen LogP contribution in [-0.2, 0) is 0 Å².